The number of hydrogen-bond acceptors (Lipinski definition) is 4. The maximum atomic E-state index is 13.4. The highest BCUT2D eigenvalue weighted by Crippen LogP contribution is 2.58. The SMILES string of the molecule is CCC1(O)CC2(C)CC(C)CC(OC(=O)C(CC)(CO)CC(C)(C)C)(C2)C1. The van der Waals surface area contributed by atoms with Crippen molar-refractivity contribution in [3.05, 3.63) is 0 Å². The Labute approximate surface area is 166 Å². The lowest BCUT2D eigenvalue weighted by Gasteiger charge is -2.57. The zero-order chi connectivity index (χ0) is 20.7. The molecule has 0 amide bonds. The number of rotatable bonds is 6. The first-order valence-corrected chi connectivity index (χ1v) is 10.8. The van der Waals surface area contributed by atoms with Gasteiger partial charge in [0.05, 0.1) is 17.6 Å². The summed E-state index contributed by atoms with van der Waals surface area (Å²) in [5, 5.41) is 21.3. The summed E-state index contributed by atoms with van der Waals surface area (Å²) < 4.78 is 6.32. The lowest BCUT2D eigenvalue weighted by Crippen LogP contribution is -2.59. The maximum absolute atomic E-state index is 13.4. The van der Waals surface area contributed by atoms with Crippen molar-refractivity contribution in [1.82, 2.24) is 0 Å². The van der Waals surface area contributed by atoms with Crippen molar-refractivity contribution in [1.29, 1.82) is 0 Å². The Hall–Kier alpha value is -0.610. The van der Waals surface area contributed by atoms with Crippen LogP contribution in [0.3, 0.4) is 0 Å². The molecular formula is C23H42O4. The third-order valence-electron chi connectivity index (χ3n) is 6.97. The highest BCUT2D eigenvalue weighted by Gasteiger charge is 2.58. The van der Waals surface area contributed by atoms with Gasteiger partial charge in [0.2, 0.25) is 0 Å². The monoisotopic (exact) mass is 382 g/mol. The molecule has 4 nitrogen and oxygen atoms in total. The fraction of sp³-hybridized carbons (Fsp3) is 0.957. The van der Waals surface area contributed by atoms with Crippen molar-refractivity contribution in [2.45, 2.75) is 111 Å². The highest BCUT2D eigenvalue weighted by molar-refractivity contribution is 5.77. The molecule has 0 heterocycles. The summed E-state index contributed by atoms with van der Waals surface area (Å²) in [5.74, 6) is 0.185. The van der Waals surface area contributed by atoms with Gasteiger partial charge in [-0.3, -0.25) is 4.79 Å². The molecule has 0 aromatic carbocycles. The quantitative estimate of drug-likeness (QED) is 0.644. The van der Waals surface area contributed by atoms with E-state index in [1.807, 2.05) is 13.8 Å². The fourth-order valence-corrected chi connectivity index (χ4v) is 6.45. The van der Waals surface area contributed by atoms with Gasteiger partial charge < -0.3 is 14.9 Å². The van der Waals surface area contributed by atoms with Crippen LogP contribution < -0.4 is 0 Å². The molecule has 0 spiro atoms. The largest absolute Gasteiger partial charge is 0.458 e. The number of fused-ring (bicyclic) bond motifs is 2. The Morgan fingerprint density at radius 3 is 2.26 bits per heavy atom. The second kappa shape index (κ2) is 7.33. The van der Waals surface area contributed by atoms with Crippen LogP contribution >= 0.6 is 0 Å². The van der Waals surface area contributed by atoms with Gasteiger partial charge in [-0.1, -0.05) is 48.5 Å². The van der Waals surface area contributed by atoms with E-state index in [4.69, 9.17) is 4.74 Å². The average Bonchev–Trinajstić information content (AvgIpc) is 2.48. The normalized spacial score (nSPS) is 38.9. The van der Waals surface area contributed by atoms with Crippen LogP contribution in [-0.4, -0.2) is 34.0 Å². The van der Waals surface area contributed by atoms with Gasteiger partial charge in [0.1, 0.15) is 5.60 Å². The first-order chi connectivity index (χ1) is 12.2. The summed E-state index contributed by atoms with van der Waals surface area (Å²) in [6.45, 7) is 14.5. The average molecular weight is 383 g/mol. The van der Waals surface area contributed by atoms with Gasteiger partial charge in [-0.2, -0.15) is 0 Å². The van der Waals surface area contributed by atoms with E-state index in [2.05, 4.69) is 34.6 Å². The van der Waals surface area contributed by atoms with Crippen LogP contribution in [0.1, 0.15) is 99.8 Å². The molecule has 158 valence electrons. The van der Waals surface area contributed by atoms with E-state index in [1.54, 1.807) is 0 Å². The van der Waals surface area contributed by atoms with E-state index in [9.17, 15) is 15.0 Å². The number of aliphatic hydroxyl groups excluding tert-OH is 1. The summed E-state index contributed by atoms with van der Waals surface area (Å²) in [7, 11) is 0. The summed E-state index contributed by atoms with van der Waals surface area (Å²) >= 11 is 0. The van der Waals surface area contributed by atoms with Crippen LogP contribution in [0.5, 0.6) is 0 Å². The Kier molecular flexibility index (Phi) is 6.16. The smallest absolute Gasteiger partial charge is 0.314 e. The number of carbonyl (C=O) groups is 1. The molecule has 2 saturated carbocycles. The molecule has 2 aliphatic rings. The zero-order valence-electron chi connectivity index (χ0n) is 18.7. The fourth-order valence-electron chi connectivity index (χ4n) is 6.45. The number of aliphatic hydroxyl groups is 2. The van der Waals surface area contributed by atoms with E-state index in [1.165, 1.54) is 0 Å². The van der Waals surface area contributed by atoms with E-state index < -0.39 is 16.6 Å². The molecule has 5 unspecified atom stereocenters. The van der Waals surface area contributed by atoms with Crippen molar-refractivity contribution in [2.24, 2.45) is 22.2 Å². The second-order valence-electron chi connectivity index (χ2n) is 11.5. The molecule has 4 heteroatoms. The molecule has 0 aromatic heterocycles. The molecule has 2 aliphatic carbocycles. The number of ether oxygens (including phenoxy) is 1. The molecule has 0 aromatic rings. The van der Waals surface area contributed by atoms with Gasteiger partial charge in [-0.15, -0.1) is 0 Å². The lowest BCUT2D eigenvalue weighted by atomic mass is 9.53. The van der Waals surface area contributed by atoms with Crippen molar-refractivity contribution >= 4 is 5.97 Å². The third kappa shape index (κ3) is 4.87. The van der Waals surface area contributed by atoms with Crippen molar-refractivity contribution in [3.8, 4) is 0 Å². The van der Waals surface area contributed by atoms with Gasteiger partial charge >= 0.3 is 5.97 Å². The number of carbonyl (C=O) groups excluding carboxylic acids is 1. The topological polar surface area (TPSA) is 66.8 Å². The maximum Gasteiger partial charge on any atom is 0.314 e. The molecule has 0 radical (unpaired) electrons. The second-order valence-corrected chi connectivity index (χ2v) is 11.5. The van der Waals surface area contributed by atoms with E-state index in [0.717, 1.165) is 25.7 Å². The molecule has 2 bridgehead atoms. The Morgan fingerprint density at radius 2 is 1.78 bits per heavy atom. The minimum absolute atomic E-state index is 0.000920. The van der Waals surface area contributed by atoms with Gasteiger partial charge in [-0.05, 0) is 61.7 Å². The van der Waals surface area contributed by atoms with E-state index in [-0.39, 0.29) is 23.4 Å². The van der Waals surface area contributed by atoms with Gasteiger partial charge in [-0.25, -0.2) is 0 Å². The Morgan fingerprint density at radius 1 is 1.15 bits per heavy atom. The summed E-state index contributed by atoms with van der Waals surface area (Å²) in [6.07, 6.45) is 5.81. The number of hydrogen-bond donors (Lipinski definition) is 2. The van der Waals surface area contributed by atoms with Crippen LogP contribution in [0.4, 0.5) is 0 Å². The van der Waals surface area contributed by atoms with Crippen LogP contribution in [0.15, 0.2) is 0 Å². The van der Waals surface area contributed by atoms with Gasteiger partial charge in [0.25, 0.3) is 0 Å². The van der Waals surface area contributed by atoms with Crippen LogP contribution in [0, 0.1) is 22.2 Å². The van der Waals surface area contributed by atoms with Crippen LogP contribution in [0.25, 0.3) is 0 Å². The van der Waals surface area contributed by atoms with Crippen molar-refractivity contribution in [3.63, 3.8) is 0 Å². The number of esters is 1. The summed E-state index contributed by atoms with van der Waals surface area (Å²) in [6, 6.07) is 0. The van der Waals surface area contributed by atoms with Crippen LogP contribution in [-0.2, 0) is 9.53 Å². The van der Waals surface area contributed by atoms with E-state index >= 15 is 0 Å². The Balaban J connectivity index is 2.34. The molecule has 2 fully saturated rings. The summed E-state index contributed by atoms with van der Waals surface area (Å²) in [4.78, 5) is 13.4. The highest BCUT2D eigenvalue weighted by atomic mass is 16.6. The first kappa shape index (κ1) is 22.7. The zero-order valence-corrected chi connectivity index (χ0v) is 18.7. The molecule has 5 atom stereocenters. The summed E-state index contributed by atoms with van der Waals surface area (Å²) in [5.41, 5.74) is -2.34. The minimum Gasteiger partial charge on any atom is -0.458 e. The Bertz CT molecular complexity index is 547. The van der Waals surface area contributed by atoms with Gasteiger partial charge in [0, 0.05) is 6.42 Å². The molecule has 0 aliphatic heterocycles. The molecular weight excluding hydrogens is 340 g/mol. The van der Waals surface area contributed by atoms with Crippen molar-refractivity contribution < 1.29 is 19.7 Å². The van der Waals surface area contributed by atoms with E-state index in [0.29, 0.717) is 31.6 Å². The molecule has 27 heavy (non-hydrogen) atoms. The van der Waals surface area contributed by atoms with Crippen LogP contribution in [0.2, 0.25) is 0 Å². The molecule has 2 rings (SSSR count). The predicted octanol–water partition coefficient (Wildman–Crippen LogP) is 4.85. The molecule has 2 N–H and O–H groups in total. The first-order valence-electron chi connectivity index (χ1n) is 10.8. The predicted molar refractivity (Wildman–Crippen MR) is 108 cm³/mol. The standard InChI is InChI=1S/C23H42O4/c1-8-21(16-24,12-19(4,5)6)18(25)27-23-11-17(3)10-20(7,14-23)13-22(26,9-2)15-23/h17,24,26H,8-16H2,1-7H3. The van der Waals surface area contributed by atoms with Gasteiger partial charge in [0.15, 0.2) is 0 Å². The minimum atomic E-state index is -0.869. The lowest BCUT2D eigenvalue weighted by molar-refractivity contribution is -0.217. The molecule has 0 saturated heterocycles. The third-order valence-corrected chi connectivity index (χ3v) is 6.97. The van der Waals surface area contributed by atoms with Crippen molar-refractivity contribution in [2.75, 3.05) is 6.61 Å².